The van der Waals surface area contributed by atoms with Crippen molar-refractivity contribution >= 4 is 0 Å². The fourth-order valence-electron chi connectivity index (χ4n) is 3.46. The van der Waals surface area contributed by atoms with Gasteiger partial charge in [0, 0.05) is 18.8 Å². The molecule has 1 aliphatic rings. The quantitative estimate of drug-likeness (QED) is 0.942. The van der Waals surface area contributed by atoms with E-state index in [1.54, 1.807) is 12.3 Å². The second-order valence-electron chi connectivity index (χ2n) is 6.41. The Morgan fingerprint density at radius 3 is 2.45 bits per heavy atom. The fraction of sp³-hybridized carbons (Fsp3) is 0.421. The lowest BCUT2D eigenvalue weighted by Gasteiger charge is -2.32. The number of piperidine rings is 1. The topological polar surface area (TPSA) is 36.1 Å². The summed E-state index contributed by atoms with van der Waals surface area (Å²) in [6.07, 6.45) is 4.03. The highest BCUT2D eigenvalue weighted by Gasteiger charge is 2.21. The summed E-state index contributed by atoms with van der Waals surface area (Å²) in [5.74, 6) is 0.525. The van der Waals surface area contributed by atoms with Gasteiger partial charge < -0.3 is 4.98 Å². The maximum atomic E-state index is 11.4. The van der Waals surface area contributed by atoms with Crippen LogP contribution >= 0.6 is 0 Å². The van der Waals surface area contributed by atoms with Crippen LogP contribution in [0.1, 0.15) is 41.0 Å². The number of hydrogen-bond donors (Lipinski definition) is 1. The predicted octanol–water partition coefficient (Wildman–Crippen LogP) is 3.37. The van der Waals surface area contributed by atoms with Crippen LogP contribution in [-0.2, 0) is 6.54 Å². The molecular formula is C19H24N2O. The van der Waals surface area contributed by atoms with Crippen molar-refractivity contribution in [2.24, 2.45) is 0 Å². The Balaban J connectivity index is 1.64. The summed E-state index contributed by atoms with van der Waals surface area (Å²) in [5.41, 5.74) is 5.44. The molecule has 1 N–H and O–H groups in total. The molecule has 0 saturated carbocycles. The molecule has 3 heteroatoms. The third-order valence-corrected chi connectivity index (χ3v) is 4.88. The zero-order chi connectivity index (χ0) is 15.5. The first kappa shape index (κ1) is 15.0. The number of benzene rings is 1. The molecule has 2 aromatic rings. The van der Waals surface area contributed by atoms with Crippen LogP contribution in [0.5, 0.6) is 0 Å². The first-order chi connectivity index (χ1) is 10.6. The van der Waals surface area contributed by atoms with Gasteiger partial charge in [-0.25, -0.2) is 0 Å². The lowest BCUT2D eigenvalue weighted by Crippen LogP contribution is -2.33. The minimum absolute atomic E-state index is 0.00969. The first-order valence-corrected chi connectivity index (χ1v) is 8.09. The largest absolute Gasteiger partial charge is 0.329 e. The molecule has 116 valence electrons. The minimum atomic E-state index is 0.00969. The van der Waals surface area contributed by atoms with E-state index in [1.165, 1.54) is 22.3 Å². The fourth-order valence-corrected chi connectivity index (χ4v) is 3.46. The lowest BCUT2D eigenvalue weighted by atomic mass is 9.89. The lowest BCUT2D eigenvalue weighted by molar-refractivity contribution is 0.204. The van der Waals surface area contributed by atoms with Crippen molar-refractivity contribution in [3.63, 3.8) is 0 Å². The van der Waals surface area contributed by atoms with Gasteiger partial charge in [0.2, 0.25) is 5.56 Å². The number of aromatic amines is 1. The molecule has 0 amide bonds. The maximum absolute atomic E-state index is 11.4. The van der Waals surface area contributed by atoms with E-state index in [0.717, 1.165) is 32.5 Å². The van der Waals surface area contributed by atoms with Crippen LogP contribution in [-0.4, -0.2) is 23.0 Å². The molecule has 1 aromatic heterocycles. The zero-order valence-electron chi connectivity index (χ0n) is 13.4. The van der Waals surface area contributed by atoms with Gasteiger partial charge in [-0.2, -0.15) is 0 Å². The Bertz CT molecular complexity index is 676. The molecule has 3 rings (SSSR count). The highest BCUT2D eigenvalue weighted by atomic mass is 16.1. The molecule has 2 heterocycles. The Hall–Kier alpha value is -1.87. The van der Waals surface area contributed by atoms with E-state index >= 15 is 0 Å². The van der Waals surface area contributed by atoms with Gasteiger partial charge in [-0.15, -0.1) is 0 Å². The molecule has 0 spiro atoms. The molecule has 0 bridgehead atoms. The summed E-state index contributed by atoms with van der Waals surface area (Å²) in [6, 6.07) is 10.3. The average Bonchev–Trinajstić information content (AvgIpc) is 2.52. The molecule has 1 fully saturated rings. The number of nitrogens with one attached hydrogen (secondary N) is 1. The van der Waals surface area contributed by atoms with E-state index in [0.29, 0.717) is 5.92 Å². The SMILES string of the molecule is Cc1cccc(C)c1CN1CCC(c2cc[nH]c(=O)c2)CC1. The Kier molecular flexibility index (Phi) is 4.44. The number of H-pyrrole nitrogens is 1. The molecule has 1 saturated heterocycles. The van der Waals surface area contributed by atoms with Gasteiger partial charge in [0.1, 0.15) is 0 Å². The molecule has 0 atom stereocenters. The summed E-state index contributed by atoms with van der Waals surface area (Å²) < 4.78 is 0. The summed E-state index contributed by atoms with van der Waals surface area (Å²) >= 11 is 0. The van der Waals surface area contributed by atoms with Gasteiger partial charge in [0.15, 0.2) is 0 Å². The van der Waals surface area contributed by atoms with E-state index in [1.807, 2.05) is 6.07 Å². The van der Waals surface area contributed by atoms with E-state index in [9.17, 15) is 4.79 Å². The van der Waals surface area contributed by atoms with Crippen molar-refractivity contribution in [2.75, 3.05) is 13.1 Å². The number of aromatic nitrogens is 1. The maximum Gasteiger partial charge on any atom is 0.248 e. The number of nitrogens with zero attached hydrogens (tertiary/aromatic N) is 1. The van der Waals surface area contributed by atoms with Gasteiger partial charge >= 0.3 is 0 Å². The third kappa shape index (κ3) is 3.30. The molecule has 1 aromatic carbocycles. The van der Waals surface area contributed by atoms with Gasteiger partial charge in [-0.3, -0.25) is 9.69 Å². The van der Waals surface area contributed by atoms with Crippen molar-refractivity contribution in [2.45, 2.75) is 39.2 Å². The standard InChI is InChI=1S/C19H24N2O/c1-14-4-3-5-15(2)18(14)13-21-10-7-16(8-11-21)17-6-9-20-19(22)12-17/h3-6,9,12,16H,7-8,10-11,13H2,1-2H3,(H,20,22). The van der Waals surface area contributed by atoms with E-state index in [4.69, 9.17) is 0 Å². The predicted molar refractivity (Wildman–Crippen MR) is 90.2 cm³/mol. The van der Waals surface area contributed by atoms with Gasteiger partial charge in [0.25, 0.3) is 0 Å². The van der Waals surface area contributed by atoms with Gasteiger partial charge in [-0.05, 0) is 74.0 Å². The summed E-state index contributed by atoms with van der Waals surface area (Å²) in [6.45, 7) is 7.65. The number of hydrogen-bond acceptors (Lipinski definition) is 2. The molecule has 0 aliphatic carbocycles. The second kappa shape index (κ2) is 6.49. The van der Waals surface area contributed by atoms with Crippen LogP contribution in [0.15, 0.2) is 41.3 Å². The minimum Gasteiger partial charge on any atom is -0.329 e. The average molecular weight is 296 g/mol. The second-order valence-corrected chi connectivity index (χ2v) is 6.41. The highest BCUT2D eigenvalue weighted by Crippen LogP contribution is 2.28. The van der Waals surface area contributed by atoms with Crippen LogP contribution in [0, 0.1) is 13.8 Å². The monoisotopic (exact) mass is 296 g/mol. The van der Waals surface area contributed by atoms with Crippen molar-refractivity contribution < 1.29 is 0 Å². The van der Waals surface area contributed by atoms with E-state index in [2.05, 4.69) is 41.9 Å². The first-order valence-electron chi connectivity index (χ1n) is 8.09. The van der Waals surface area contributed by atoms with Crippen molar-refractivity contribution in [1.29, 1.82) is 0 Å². The number of rotatable bonds is 3. The third-order valence-electron chi connectivity index (χ3n) is 4.88. The van der Waals surface area contributed by atoms with Crippen LogP contribution in [0.3, 0.4) is 0 Å². The van der Waals surface area contributed by atoms with Crippen molar-refractivity contribution in [3.05, 3.63) is 69.1 Å². The normalized spacial score (nSPS) is 16.8. The van der Waals surface area contributed by atoms with Crippen molar-refractivity contribution in [1.82, 2.24) is 9.88 Å². The molecule has 1 aliphatic heterocycles. The van der Waals surface area contributed by atoms with Crippen LogP contribution in [0.2, 0.25) is 0 Å². The molecule has 22 heavy (non-hydrogen) atoms. The van der Waals surface area contributed by atoms with Crippen molar-refractivity contribution in [3.8, 4) is 0 Å². The van der Waals surface area contributed by atoms with Gasteiger partial charge in [0.05, 0.1) is 0 Å². The Morgan fingerprint density at radius 1 is 1.14 bits per heavy atom. The molecular weight excluding hydrogens is 272 g/mol. The van der Waals surface area contributed by atoms with Gasteiger partial charge in [-0.1, -0.05) is 18.2 Å². The Morgan fingerprint density at radius 2 is 1.82 bits per heavy atom. The van der Waals surface area contributed by atoms with Crippen LogP contribution in [0.4, 0.5) is 0 Å². The smallest absolute Gasteiger partial charge is 0.248 e. The van der Waals surface area contributed by atoms with E-state index < -0.39 is 0 Å². The summed E-state index contributed by atoms with van der Waals surface area (Å²) in [4.78, 5) is 16.7. The molecule has 0 unspecified atom stereocenters. The molecule has 0 radical (unpaired) electrons. The molecule has 3 nitrogen and oxygen atoms in total. The Labute approximate surface area is 132 Å². The number of likely N-dealkylation sites (tertiary alicyclic amines) is 1. The summed E-state index contributed by atoms with van der Waals surface area (Å²) in [5, 5.41) is 0. The van der Waals surface area contributed by atoms with Crippen LogP contribution < -0.4 is 5.56 Å². The number of aryl methyl sites for hydroxylation is 2. The number of pyridine rings is 1. The summed E-state index contributed by atoms with van der Waals surface area (Å²) in [7, 11) is 0. The van der Waals surface area contributed by atoms with E-state index in [-0.39, 0.29) is 5.56 Å². The highest BCUT2D eigenvalue weighted by molar-refractivity contribution is 5.33. The zero-order valence-corrected chi connectivity index (χ0v) is 13.4. The van der Waals surface area contributed by atoms with Crippen LogP contribution in [0.25, 0.3) is 0 Å².